The topological polar surface area (TPSA) is 198 Å². The molecule has 4 unspecified atom stereocenters. The fourth-order valence-corrected chi connectivity index (χ4v) is 9.79. The molecule has 0 spiro atoms. The van der Waals surface area contributed by atoms with Gasteiger partial charge in [0.25, 0.3) is 5.67 Å². The second-order valence-electron chi connectivity index (χ2n) is 18.9. The van der Waals surface area contributed by atoms with Crippen LogP contribution in [0.3, 0.4) is 0 Å². The van der Waals surface area contributed by atoms with Crippen molar-refractivity contribution in [2.75, 3.05) is 27.7 Å². The molecule has 3 aliphatic rings. The molecular formula is C50H64FN3O13. The van der Waals surface area contributed by atoms with Crippen LogP contribution in [0.25, 0.3) is 11.3 Å². The number of furan rings is 1. The van der Waals surface area contributed by atoms with Crippen molar-refractivity contribution in [1.82, 2.24) is 15.5 Å². The average Bonchev–Trinajstić information content (AvgIpc) is 3.95. The fourth-order valence-electron chi connectivity index (χ4n) is 9.79. The number of fused-ring (bicyclic) bond motifs is 1. The SMILES string of the molecule is CO[C@]1(C)C[C@@H](C)C(=O)[C@H](C)[C@H]2NC(=O)O[C@]2(C)[C@@H](CCNC(=O)Cc2cccc(-c3ccco3)c2)OC(=O)[C@@](C)(F)C(=O)[C@H](C)[C@H]1OC1OC(C)CC(N(C)C)C1OC(=O)c1ccccc1. The summed E-state index contributed by atoms with van der Waals surface area (Å²) in [7, 11) is 5.00. The number of ketones is 2. The van der Waals surface area contributed by atoms with Crippen LogP contribution in [0.2, 0.25) is 0 Å². The number of nitrogens with one attached hydrogen (secondary N) is 2. The first-order chi connectivity index (χ1) is 31.6. The molecule has 2 amide bonds. The second kappa shape index (κ2) is 20.8. The highest BCUT2D eigenvalue weighted by molar-refractivity contribution is 6.08. The van der Waals surface area contributed by atoms with Crippen LogP contribution in [0.1, 0.15) is 83.7 Å². The van der Waals surface area contributed by atoms with E-state index >= 15 is 4.39 Å². The zero-order valence-electron chi connectivity index (χ0n) is 39.9. The van der Waals surface area contributed by atoms with Crippen LogP contribution in [-0.2, 0) is 54.0 Å². The molecule has 13 atom stereocenters. The average molecular weight is 934 g/mol. The Morgan fingerprint density at radius 2 is 1.66 bits per heavy atom. The summed E-state index contributed by atoms with van der Waals surface area (Å²) >= 11 is 0. The van der Waals surface area contributed by atoms with Gasteiger partial charge < -0.3 is 48.4 Å². The Labute approximate surface area is 390 Å². The van der Waals surface area contributed by atoms with Gasteiger partial charge in [-0.05, 0) is 90.5 Å². The first-order valence-corrected chi connectivity index (χ1v) is 22.7. The lowest BCUT2D eigenvalue weighted by Crippen LogP contribution is -2.62. The maximum atomic E-state index is 17.3. The Hall–Kier alpha value is -5.49. The first kappa shape index (κ1) is 50.9. The highest BCUT2D eigenvalue weighted by Crippen LogP contribution is 2.41. The number of hydrogen-bond donors (Lipinski definition) is 2. The third-order valence-electron chi connectivity index (χ3n) is 13.6. The van der Waals surface area contributed by atoms with Crippen molar-refractivity contribution in [2.45, 2.75) is 134 Å². The quantitative estimate of drug-likeness (QED) is 0.121. The number of amides is 2. The number of alkyl halides is 1. The molecule has 6 rings (SSSR count). The number of nitrogens with zero attached hydrogens (tertiary/aromatic N) is 1. The van der Waals surface area contributed by atoms with Gasteiger partial charge in [-0.15, -0.1) is 0 Å². The Morgan fingerprint density at radius 1 is 0.940 bits per heavy atom. The van der Waals surface area contributed by atoms with Gasteiger partial charge in [-0.3, -0.25) is 14.4 Å². The van der Waals surface area contributed by atoms with E-state index < -0.39 is 101 Å². The number of methoxy groups -OCH3 is 1. The standard InChI is InChI=1S/C50H64FN3O13/c1-28-27-48(5,61-10)43(66-45-40(35(54(8)9)24-29(2)63-45)65-44(58)33-17-12-11-13-18-33)31(4)42(57)49(6,51)46(59)64-37(50(7)41(30(3)39(28)56)53-47(60)67-50)21-22-52-38(55)26-32-16-14-19-34(25-32)36-20-15-23-62-36/h11-20,23,25,28-31,35,37,40-41,43,45H,21-22,24,26-27H2,1-10H3,(H,52,55)(H,53,60)/t28-,29?,30+,31+,35?,37-,40?,41-,43-,45?,48-,49+,50-/m1/s1. The predicted octanol–water partition coefficient (Wildman–Crippen LogP) is 6.03. The van der Waals surface area contributed by atoms with Gasteiger partial charge in [0.1, 0.15) is 17.6 Å². The molecule has 3 aromatic rings. The van der Waals surface area contributed by atoms with Crippen LogP contribution < -0.4 is 10.6 Å². The van der Waals surface area contributed by atoms with E-state index in [1.165, 1.54) is 21.0 Å². The normalized spacial score (nSPS) is 34.0. The minimum atomic E-state index is -3.33. The molecule has 67 heavy (non-hydrogen) atoms. The monoisotopic (exact) mass is 933 g/mol. The van der Waals surface area contributed by atoms with Crippen LogP contribution in [-0.4, -0.2) is 128 Å². The van der Waals surface area contributed by atoms with Crippen molar-refractivity contribution in [3.63, 3.8) is 0 Å². The van der Waals surface area contributed by atoms with Crippen molar-refractivity contribution >= 4 is 35.5 Å². The largest absolute Gasteiger partial charge is 0.464 e. The lowest BCUT2D eigenvalue weighted by molar-refractivity contribution is -0.295. The number of rotatable bonds is 12. The maximum absolute atomic E-state index is 17.3. The molecule has 3 aliphatic heterocycles. The number of alkyl carbamates (subject to hydrolysis) is 1. The van der Waals surface area contributed by atoms with E-state index in [1.54, 1.807) is 81.6 Å². The predicted molar refractivity (Wildman–Crippen MR) is 241 cm³/mol. The van der Waals surface area contributed by atoms with Crippen molar-refractivity contribution < 1.29 is 66.0 Å². The summed E-state index contributed by atoms with van der Waals surface area (Å²) in [4.78, 5) is 85.3. The first-order valence-electron chi connectivity index (χ1n) is 22.7. The van der Waals surface area contributed by atoms with Crippen LogP contribution in [0.15, 0.2) is 77.4 Å². The van der Waals surface area contributed by atoms with E-state index in [1.807, 2.05) is 38.1 Å². The number of benzene rings is 2. The van der Waals surface area contributed by atoms with Gasteiger partial charge in [-0.1, -0.05) is 57.2 Å². The zero-order valence-corrected chi connectivity index (χ0v) is 39.9. The Morgan fingerprint density at radius 3 is 2.31 bits per heavy atom. The number of hydrogen-bond acceptors (Lipinski definition) is 14. The third-order valence-corrected chi connectivity index (χ3v) is 13.6. The molecule has 3 saturated heterocycles. The summed E-state index contributed by atoms with van der Waals surface area (Å²) in [5.74, 6) is -6.89. The van der Waals surface area contributed by atoms with Crippen molar-refractivity contribution in [1.29, 1.82) is 0 Å². The van der Waals surface area contributed by atoms with Crippen LogP contribution >= 0.6 is 0 Å². The molecule has 1 aromatic heterocycles. The second-order valence-corrected chi connectivity index (χ2v) is 18.9. The summed E-state index contributed by atoms with van der Waals surface area (Å²) in [5, 5.41) is 5.51. The van der Waals surface area contributed by atoms with Crippen molar-refractivity contribution in [2.24, 2.45) is 17.8 Å². The van der Waals surface area contributed by atoms with Crippen LogP contribution in [0, 0.1) is 17.8 Å². The van der Waals surface area contributed by atoms with E-state index in [9.17, 15) is 28.8 Å². The molecule has 16 nitrogen and oxygen atoms in total. The highest BCUT2D eigenvalue weighted by atomic mass is 19.1. The number of esters is 2. The fraction of sp³-hybridized carbons (Fsp3) is 0.560. The number of cyclic esters (lactones) is 1. The summed E-state index contributed by atoms with van der Waals surface area (Å²) < 4.78 is 59.9. The number of likely N-dealkylation sites (N-methyl/N-ethyl adjacent to an activating group) is 1. The third kappa shape index (κ3) is 11.1. The van der Waals surface area contributed by atoms with Crippen LogP contribution in [0.4, 0.5) is 9.18 Å². The van der Waals surface area contributed by atoms with E-state index in [0.717, 1.165) is 12.5 Å². The molecule has 0 aliphatic carbocycles. The molecule has 2 aromatic carbocycles. The molecule has 0 radical (unpaired) electrons. The van der Waals surface area contributed by atoms with Crippen LogP contribution in [0.5, 0.6) is 0 Å². The van der Waals surface area contributed by atoms with E-state index in [4.69, 9.17) is 32.8 Å². The number of ether oxygens (including phenoxy) is 6. The number of carbonyl (C=O) groups is 6. The van der Waals surface area contributed by atoms with Crippen molar-refractivity contribution in [3.05, 3.63) is 84.1 Å². The van der Waals surface area contributed by atoms with Gasteiger partial charge in [0, 0.05) is 43.4 Å². The van der Waals surface area contributed by atoms with E-state index in [2.05, 4.69) is 10.6 Å². The minimum Gasteiger partial charge on any atom is -0.464 e. The minimum absolute atomic E-state index is 0.0196. The molecule has 0 bridgehead atoms. The van der Waals surface area contributed by atoms with Gasteiger partial charge in [0.05, 0.1) is 48.1 Å². The van der Waals surface area contributed by atoms with Gasteiger partial charge in [-0.25, -0.2) is 18.8 Å². The number of Topliss-reactive ketones (excluding diaryl/α,β-unsaturated/α-hetero) is 2. The number of carbonyl (C=O) groups excluding carboxylic acids is 6. The lowest BCUT2D eigenvalue weighted by Gasteiger charge is -2.48. The Bertz CT molecular complexity index is 2250. The van der Waals surface area contributed by atoms with Gasteiger partial charge in [0.15, 0.2) is 23.8 Å². The zero-order chi connectivity index (χ0) is 49.0. The Kier molecular flexibility index (Phi) is 15.8. The molecular weight excluding hydrogens is 870 g/mol. The summed E-state index contributed by atoms with van der Waals surface area (Å²) in [5.41, 5.74) is -4.92. The van der Waals surface area contributed by atoms with Gasteiger partial charge >= 0.3 is 18.0 Å². The molecule has 0 saturated carbocycles. The lowest BCUT2D eigenvalue weighted by atomic mass is 9.73. The Balaban J connectivity index is 1.31. The van der Waals surface area contributed by atoms with Gasteiger partial charge in [-0.2, -0.15) is 0 Å². The number of halogens is 1. The summed E-state index contributed by atoms with van der Waals surface area (Å²) in [6.07, 6.45) is -5.00. The van der Waals surface area contributed by atoms with E-state index in [0.29, 0.717) is 17.7 Å². The maximum Gasteiger partial charge on any atom is 0.408 e. The molecule has 2 N–H and O–H groups in total. The smallest absolute Gasteiger partial charge is 0.408 e. The molecule has 364 valence electrons. The van der Waals surface area contributed by atoms with Gasteiger partial charge in [0.2, 0.25) is 5.91 Å². The van der Waals surface area contributed by atoms with E-state index in [-0.39, 0.29) is 43.1 Å². The van der Waals surface area contributed by atoms with Crippen molar-refractivity contribution in [3.8, 4) is 11.3 Å². The molecule has 17 heteroatoms. The highest BCUT2D eigenvalue weighted by Gasteiger charge is 2.60. The summed E-state index contributed by atoms with van der Waals surface area (Å²) in [6.45, 7) is 10.2. The molecule has 3 fully saturated rings. The molecule has 4 heterocycles. The summed E-state index contributed by atoms with van der Waals surface area (Å²) in [6, 6.07) is 17.6.